The number of benzene rings is 1. The van der Waals surface area contributed by atoms with Gasteiger partial charge in [-0.1, -0.05) is 0 Å². The van der Waals surface area contributed by atoms with E-state index in [1.807, 2.05) is 0 Å². The van der Waals surface area contributed by atoms with E-state index in [9.17, 15) is 9.59 Å². The molecule has 0 spiro atoms. The van der Waals surface area contributed by atoms with E-state index in [-0.39, 0.29) is 18.5 Å². The Bertz CT molecular complexity index is 596. The lowest BCUT2D eigenvalue weighted by molar-refractivity contribution is -0.899. The number of anilines is 1. The number of amides is 1. The summed E-state index contributed by atoms with van der Waals surface area (Å²) >= 11 is 0. The van der Waals surface area contributed by atoms with Crippen LogP contribution >= 0.6 is 0 Å². The molecule has 0 radical (unpaired) electrons. The quantitative estimate of drug-likeness (QED) is 0.731. The molecule has 1 aromatic carbocycles. The number of rotatable bonds is 4. The summed E-state index contributed by atoms with van der Waals surface area (Å²) in [6.07, 6.45) is 0. The number of ketones is 1. The van der Waals surface area contributed by atoms with Gasteiger partial charge in [-0.25, -0.2) is 0 Å². The Morgan fingerprint density at radius 1 is 1.18 bits per heavy atom. The highest BCUT2D eigenvalue weighted by Crippen LogP contribution is 2.37. The van der Waals surface area contributed by atoms with Crippen LogP contribution in [0.25, 0.3) is 0 Å². The molecule has 7 heteroatoms. The highest BCUT2D eigenvalue weighted by atomic mass is 16.7. The second-order valence-corrected chi connectivity index (χ2v) is 5.39. The second kappa shape index (κ2) is 6.33. The van der Waals surface area contributed by atoms with Crippen molar-refractivity contribution in [1.82, 2.24) is 0 Å². The fraction of sp³-hybridized carbons (Fsp3) is 0.467. The summed E-state index contributed by atoms with van der Waals surface area (Å²) in [7, 11) is 0. The largest absolute Gasteiger partial charge is 0.454 e. The number of hydrogen-bond donors (Lipinski definition) is 2. The van der Waals surface area contributed by atoms with E-state index in [1.54, 1.807) is 12.1 Å². The summed E-state index contributed by atoms with van der Waals surface area (Å²) < 4.78 is 15.8. The van der Waals surface area contributed by atoms with Gasteiger partial charge in [-0.3, -0.25) is 9.59 Å². The highest BCUT2D eigenvalue weighted by molar-refractivity contribution is 6.04. The zero-order chi connectivity index (χ0) is 15.5. The van der Waals surface area contributed by atoms with Crippen LogP contribution in [0.2, 0.25) is 0 Å². The summed E-state index contributed by atoms with van der Waals surface area (Å²) in [6, 6.07) is 3.26. The van der Waals surface area contributed by atoms with Crippen LogP contribution in [0.15, 0.2) is 12.1 Å². The van der Waals surface area contributed by atoms with Gasteiger partial charge in [-0.05, 0) is 13.0 Å². The molecule has 0 saturated carbocycles. The van der Waals surface area contributed by atoms with Crippen LogP contribution in [0.1, 0.15) is 17.3 Å². The lowest BCUT2D eigenvalue weighted by Crippen LogP contribution is -3.15. The first-order valence-electron chi connectivity index (χ1n) is 7.29. The van der Waals surface area contributed by atoms with Crippen molar-refractivity contribution in [2.45, 2.75) is 6.92 Å². The predicted molar refractivity (Wildman–Crippen MR) is 77.6 cm³/mol. The number of nitrogens with one attached hydrogen (secondary N) is 2. The molecule has 0 atom stereocenters. The molecule has 1 aromatic rings. The number of quaternary nitrogens is 1. The van der Waals surface area contributed by atoms with Crippen LogP contribution in [-0.2, 0) is 9.53 Å². The maximum Gasteiger partial charge on any atom is 0.279 e. The van der Waals surface area contributed by atoms with Gasteiger partial charge in [0.15, 0.2) is 23.8 Å². The van der Waals surface area contributed by atoms with E-state index in [0.29, 0.717) is 42.5 Å². The Morgan fingerprint density at radius 2 is 1.86 bits per heavy atom. The number of ether oxygens (including phenoxy) is 3. The number of Topliss-reactive ketones (excluding diaryl/α,β-unsaturated/α-hetero) is 1. The van der Waals surface area contributed by atoms with Crippen molar-refractivity contribution in [1.29, 1.82) is 0 Å². The molecule has 2 heterocycles. The predicted octanol–water partition coefficient (Wildman–Crippen LogP) is -0.528. The minimum absolute atomic E-state index is 0.127. The van der Waals surface area contributed by atoms with Crippen molar-refractivity contribution in [2.24, 2.45) is 0 Å². The molecule has 0 bridgehead atoms. The van der Waals surface area contributed by atoms with Gasteiger partial charge in [0.2, 0.25) is 6.79 Å². The minimum Gasteiger partial charge on any atom is -0.454 e. The normalized spacial score (nSPS) is 17.3. The fourth-order valence-electron chi connectivity index (χ4n) is 2.59. The average molecular weight is 307 g/mol. The van der Waals surface area contributed by atoms with Crippen LogP contribution < -0.4 is 19.7 Å². The smallest absolute Gasteiger partial charge is 0.279 e. The summed E-state index contributed by atoms with van der Waals surface area (Å²) in [5.74, 6) is 0.812. The molecule has 22 heavy (non-hydrogen) atoms. The molecule has 0 aliphatic carbocycles. The van der Waals surface area contributed by atoms with Crippen LogP contribution in [0.3, 0.4) is 0 Å². The zero-order valence-electron chi connectivity index (χ0n) is 12.4. The van der Waals surface area contributed by atoms with E-state index in [0.717, 1.165) is 13.1 Å². The molecule has 7 nitrogen and oxygen atoms in total. The van der Waals surface area contributed by atoms with Gasteiger partial charge in [0.25, 0.3) is 5.91 Å². The van der Waals surface area contributed by atoms with Gasteiger partial charge in [0.05, 0.1) is 18.9 Å². The molecule has 1 fully saturated rings. The van der Waals surface area contributed by atoms with E-state index in [2.05, 4.69) is 5.32 Å². The molecule has 118 valence electrons. The Morgan fingerprint density at radius 3 is 2.55 bits per heavy atom. The minimum atomic E-state index is -0.132. The molecule has 3 rings (SSSR count). The molecule has 0 aromatic heterocycles. The third kappa shape index (κ3) is 3.20. The first kappa shape index (κ1) is 14.8. The van der Waals surface area contributed by atoms with E-state index < -0.39 is 0 Å². The highest BCUT2D eigenvalue weighted by Gasteiger charge is 2.22. The first-order chi connectivity index (χ1) is 10.6. The summed E-state index contributed by atoms with van der Waals surface area (Å²) in [4.78, 5) is 25.1. The Kier molecular flexibility index (Phi) is 4.26. The number of carbonyl (C=O) groups excluding carboxylic acids is 2. The second-order valence-electron chi connectivity index (χ2n) is 5.39. The van der Waals surface area contributed by atoms with Gasteiger partial charge < -0.3 is 24.4 Å². The van der Waals surface area contributed by atoms with Crippen molar-refractivity contribution >= 4 is 17.4 Å². The number of morpholine rings is 1. The maximum absolute atomic E-state index is 12.2. The van der Waals surface area contributed by atoms with E-state index in [4.69, 9.17) is 14.2 Å². The van der Waals surface area contributed by atoms with Gasteiger partial charge in [0.1, 0.15) is 13.1 Å². The SMILES string of the molecule is CC(=O)c1cc2c(cc1NC(=O)C[NH+]1CCOCC1)OCO2. The van der Waals surface area contributed by atoms with Crippen molar-refractivity contribution < 1.29 is 28.7 Å². The summed E-state index contributed by atoms with van der Waals surface area (Å²) in [5.41, 5.74) is 0.893. The van der Waals surface area contributed by atoms with Gasteiger partial charge in [-0.15, -0.1) is 0 Å². The van der Waals surface area contributed by atoms with Crippen LogP contribution in [0, 0.1) is 0 Å². The number of carbonyl (C=O) groups is 2. The van der Waals surface area contributed by atoms with Gasteiger partial charge in [0, 0.05) is 11.6 Å². The lowest BCUT2D eigenvalue weighted by Gasteiger charge is -2.23. The maximum atomic E-state index is 12.2. The van der Waals surface area contributed by atoms with Crippen molar-refractivity contribution in [3.05, 3.63) is 17.7 Å². The van der Waals surface area contributed by atoms with Gasteiger partial charge in [-0.2, -0.15) is 0 Å². The topological polar surface area (TPSA) is 78.3 Å². The Hall–Kier alpha value is -2.12. The molecule has 1 saturated heterocycles. The first-order valence-corrected chi connectivity index (χ1v) is 7.29. The third-order valence-corrected chi connectivity index (χ3v) is 3.78. The van der Waals surface area contributed by atoms with Crippen LogP contribution in [-0.4, -0.2) is 51.3 Å². The summed E-state index contributed by atoms with van der Waals surface area (Å²) in [5, 5.41) is 2.81. The monoisotopic (exact) mass is 307 g/mol. The van der Waals surface area contributed by atoms with Crippen molar-refractivity contribution in [2.75, 3.05) is 45.0 Å². The van der Waals surface area contributed by atoms with Crippen LogP contribution in [0.4, 0.5) is 5.69 Å². The van der Waals surface area contributed by atoms with E-state index in [1.165, 1.54) is 11.8 Å². The molecule has 0 unspecified atom stereocenters. The van der Waals surface area contributed by atoms with Crippen molar-refractivity contribution in [3.63, 3.8) is 0 Å². The molecule has 2 N–H and O–H groups in total. The Labute approximate surface area is 128 Å². The molecule has 2 aliphatic heterocycles. The zero-order valence-corrected chi connectivity index (χ0v) is 12.4. The van der Waals surface area contributed by atoms with Gasteiger partial charge >= 0.3 is 0 Å². The standard InChI is InChI=1S/C15H18N2O5/c1-10(18)11-6-13-14(22-9-21-13)7-12(11)16-15(19)8-17-2-4-20-5-3-17/h6-7H,2-5,8-9H2,1H3,(H,16,19)/p+1. The van der Waals surface area contributed by atoms with Crippen molar-refractivity contribution in [3.8, 4) is 11.5 Å². The van der Waals surface area contributed by atoms with Crippen LogP contribution in [0.5, 0.6) is 11.5 Å². The molecule has 1 amide bonds. The number of hydrogen-bond acceptors (Lipinski definition) is 5. The number of fused-ring (bicyclic) bond motifs is 1. The van der Waals surface area contributed by atoms with E-state index >= 15 is 0 Å². The lowest BCUT2D eigenvalue weighted by atomic mass is 10.1. The Balaban J connectivity index is 1.73. The summed E-state index contributed by atoms with van der Waals surface area (Å²) in [6.45, 7) is 4.91. The molecular formula is C15H19N2O5+. The average Bonchev–Trinajstić information content (AvgIpc) is 2.94. The third-order valence-electron chi connectivity index (χ3n) is 3.78. The fourth-order valence-corrected chi connectivity index (χ4v) is 2.59. The molecule has 2 aliphatic rings. The molecular weight excluding hydrogens is 288 g/mol.